The van der Waals surface area contributed by atoms with Crippen LogP contribution in [0.5, 0.6) is 0 Å². The molecule has 0 spiro atoms. The molecule has 10 heteroatoms. The molecule has 1 saturated carbocycles. The molecular weight excluding hydrogens is 419 g/mol. The van der Waals surface area contributed by atoms with Crippen LogP contribution in [0.2, 0.25) is 0 Å². The molecule has 1 atom stereocenters. The van der Waals surface area contributed by atoms with E-state index in [1.54, 1.807) is 13.2 Å². The Morgan fingerprint density at radius 3 is 2.63 bits per heavy atom. The Kier molecular flexibility index (Phi) is 5.21. The highest BCUT2D eigenvalue weighted by atomic mass is 32.2. The zero-order valence-electron chi connectivity index (χ0n) is 16.2. The molecule has 4 rings (SSSR count). The Labute approximate surface area is 174 Å². The molecule has 1 fully saturated rings. The number of rotatable bonds is 5. The largest absolute Gasteiger partial charge is 0.416 e. The van der Waals surface area contributed by atoms with E-state index in [9.17, 15) is 22.8 Å². The van der Waals surface area contributed by atoms with Gasteiger partial charge in [0.15, 0.2) is 11.5 Å². The van der Waals surface area contributed by atoms with Crippen LogP contribution in [0.15, 0.2) is 34.0 Å². The Hall–Kier alpha value is -2.62. The molecule has 158 valence electrons. The molecule has 2 aliphatic rings. The Morgan fingerprint density at radius 2 is 2.03 bits per heavy atom. The minimum absolute atomic E-state index is 0.0707. The predicted octanol–water partition coefficient (Wildman–Crippen LogP) is 4.46. The number of halogens is 3. The summed E-state index contributed by atoms with van der Waals surface area (Å²) in [4.78, 5) is 25.6. The van der Waals surface area contributed by atoms with Gasteiger partial charge in [0, 0.05) is 11.5 Å². The fraction of sp³-hybridized carbons (Fsp3) is 0.400. The Bertz CT molecular complexity index is 1040. The number of thioether (sulfide) groups is 1. The second-order valence-electron chi connectivity index (χ2n) is 7.34. The van der Waals surface area contributed by atoms with Crippen molar-refractivity contribution < 1.29 is 27.3 Å². The molecule has 0 bridgehead atoms. The van der Waals surface area contributed by atoms with E-state index in [2.05, 4.69) is 10.3 Å². The summed E-state index contributed by atoms with van der Waals surface area (Å²) < 4.78 is 45.1. The molecule has 1 aliphatic carbocycles. The second kappa shape index (κ2) is 7.57. The highest BCUT2D eigenvalue weighted by Gasteiger charge is 2.37. The number of hydrogen-bond acceptors (Lipinski definition) is 6. The van der Waals surface area contributed by atoms with Crippen LogP contribution >= 0.6 is 11.8 Å². The molecule has 0 radical (unpaired) electrons. The van der Waals surface area contributed by atoms with Gasteiger partial charge in [-0.05, 0) is 43.7 Å². The van der Waals surface area contributed by atoms with Crippen molar-refractivity contribution in [2.24, 2.45) is 11.0 Å². The number of hydrazone groups is 1. The number of nitrogens with zero attached hydrogens (tertiary/aromatic N) is 3. The Balaban J connectivity index is 1.73. The van der Waals surface area contributed by atoms with Crippen LogP contribution in [0, 0.1) is 5.92 Å². The van der Waals surface area contributed by atoms with E-state index < -0.39 is 23.4 Å². The van der Waals surface area contributed by atoms with Crippen molar-refractivity contribution >= 4 is 28.5 Å². The van der Waals surface area contributed by atoms with Crippen LogP contribution in [0.4, 0.5) is 13.2 Å². The zero-order valence-corrected chi connectivity index (χ0v) is 17.0. The molecule has 1 aliphatic heterocycles. The van der Waals surface area contributed by atoms with Crippen LogP contribution in [0.25, 0.3) is 0 Å². The van der Waals surface area contributed by atoms with Crippen LogP contribution in [-0.4, -0.2) is 33.2 Å². The number of carbonyl (C=O) groups excluding carboxylic acids is 2. The van der Waals surface area contributed by atoms with Gasteiger partial charge in [-0.3, -0.25) is 9.59 Å². The smallest absolute Gasteiger partial charge is 0.360 e. The third kappa shape index (κ3) is 3.76. The monoisotopic (exact) mass is 437 g/mol. The van der Waals surface area contributed by atoms with Crippen LogP contribution in [0.3, 0.4) is 0 Å². The second-order valence-corrected chi connectivity index (χ2v) is 8.16. The molecule has 30 heavy (non-hydrogen) atoms. The summed E-state index contributed by atoms with van der Waals surface area (Å²) >= 11 is 1.31. The average Bonchev–Trinajstić information content (AvgIpc) is 3.37. The molecule has 1 amide bonds. The molecule has 6 nitrogen and oxygen atoms in total. The number of aromatic nitrogens is 1. The van der Waals surface area contributed by atoms with Gasteiger partial charge in [-0.25, -0.2) is 5.01 Å². The third-order valence-electron chi connectivity index (χ3n) is 5.21. The molecule has 2 aromatic rings. The number of ketones is 1. The topological polar surface area (TPSA) is 75.8 Å². The van der Waals surface area contributed by atoms with E-state index >= 15 is 0 Å². The van der Waals surface area contributed by atoms with Gasteiger partial charge >= 0.3 is 6.18 Å². The van der Waals surface area contributed by atoms with E-state index in [4.69, 9.17) is 4.52 Å². The lowest BCUT2D eigenvalue weighted by Crippen LogP contribution is -2.26. The van der Waals surface area contributed by atoms with Gasteiger partial charge in [-0.2, -0.15) is 18.3 Å². The first-order valence-electron chi connectivity index (χ1n) is 9.34. The van der Waals surface area contributed by atoms with Crippen LogP contribution in [-0.2, 0) is 17.5 Å². The van der Waals surface area contributed by atoms with Crippen molar-refractivity contribution in [3.05, 3.63) is 52.4 Å². The molecule has 1 aromatic heterocycles. The maximum absolute atomic E-state index is 13.3. The van der Waals surface area contributed by atoms with E-state index in [1.807, 2.05) is 0 Å². The zero-order chi connectivity index (χ0) is 21.6. The van der Waals surface area contributed by atoms with Gasteiger partial charge < -0.3 is 4.52 Å². The van der Waals surface area contributed by atoms with Gasteiger partial charge in [0.05, 0.1) is 29.8 Å². The molecule has 1 unspecified atom stereocenters. The summed E-state index contributed by atoms with van der Waals surface area (Å²) in [7, 11) is 0. The summed E-state index contributed by atoms with van der Waals surface area (Å²) in [5.41, 5.74) is -0.505. The average molecular weight is 437 g/mol. The number of carbonyl (C=O) groups is 2. The summed E-state index contributed by atoms with van der Waals surface area (Å²) in [5.74, 6) is -0.697. The first kappa shape index (κ1) is 20.6. The van der Waals surface area contributed by atoms with Crippen LogP contribution in [0.1, 0.15) is 58.5 Å². The van der Waals surface area contributed by atoms with E-state index in [-0.39, 0.29) is 35.1 Å². The predicted molar refractivity (Wildman–Crippen MR) is 104 cm³/mol. The molecule has 1 aromatic carbocycles. The normalized spacial score (nSPS) is 19.4. The number of benzene rings is 1. The van der Waals surface area contributed by atoms with Gasteiger partial charge in [0.1, 0.15) is 5.04 Å². The minimum atomic E-state index is -4.58. The van der Waals surface area contributed by atoms with Crippen molar-refractivity contribution in [2.45, 2.75) is 38.4 Å². The van der Waals surface area contributed by atoms with Crippen molar-refractivity contribution in [1.29, 1.82) is 0 Å². The number of amides is 1. The quantitative estimate of drug-likeness (QED) is 0.646. The summed E-state index contributed by atoms with van der Waals surface area (Å²) in [5, 5.41) is 9.61. The first-order valence-corrected chi connectivity index (χ1v) is 10.6. The van der Waals surface area contributed by atoms with Gasteiger partial charge in [0.2, 0.25) is 0 Å². The molecule has 0 saturated heterocycles. The van der Waals surface area contributed by atoms with Gasteiger partial charge in [-0.15, -0.1) is 11.8 Å². The summed E-state index contributed by atoms with van der Waals surface area (Å²) in [6.45, 7) is 1.46. The highest BCUT2D eigenvalue weighted by Crippen LogP contribution is 2.42. The standard InChI is InChI=1S/C20H18F3N3O3S/c1-10-18(30-2)25-26(19(10)28)9-12-7-13(20(21,22)23)5-6-14(12)16(27)15-8-24-29-17(15)11-3-4-11/h5-8,10-11H,3-4,9H2,1-2H3. The van der Waals surface area contributed by atoms with Gasteiger partial charge in [0.25, 0.3) is 5.91 Å². The number of alkyl halides is 3. The SMILES string of the molecule is CSC1=NN(Cc2cc(C(F)(F)F)ccc2C(=O)c2cnoc2C2CC2)C(=O)C1C. The lowest BCUT2D eigenvalue weighted by Gasteiger charge is -2.17. The number of hydrogen-bond donors (Lipinski definition) is 0. The van der Waals surface area contributed by atoms with E-state index in [0.29, 0.717) is 10.8 Å². The van der Waals surface area contributed by atoms with Gasteiger partial charge in [-0.1, -0.05) is 11.2 Å². The lowest BCUT2D eigenvalue weighted by atomic mass is 9.95. The highest BCUT2D eigenvalue weighted by molar-refractivity contribution is 8.13. The van der Waals surface area contributed by atoms with E-state index in [1.165, 1.54) is 18.0 Å². The van der Waals surface area contributed by atoms with Crippen molar-refractivity contribution in [1.82, 2.24) is 10.2 Å². The van der Waals surface area contributed by atoms with Crippen molar-refractivity contribution in [2.75, 3.05) is 6.26 Å². The maximum Gasteiger partial charge on any atom is 0.416 e. The Morgan fingerprint density at radius 1 is 1.30 bits per heavy atom. The van der Waals surface area contributed by atoms with Crippen molar-refractivity contribution in [3.63, 3.8) is 0 Å². The fourth-order valence-corrected chi connectivity index (χ4v) is 4.04. The van der Waals surface area contributed by atoms with Crippen LogP contribution < -0.4 is 0 Å². The molecular formula is C20H18F3N3O3S. The molecule has 2 heterocycles. The lowest BCUT2D eigenvalue weighted by molar-refractivity contribution is -0.137. The van der Waals surface area contributed by atoms with E-state index in [0.717, 1.165) is 36.0 Å². The molecule has 0 N–H and O–H groups in total. The minimum Gasteiger partial charge on any atom is -0.360 e. The third-order valence-corrected chi connectivity index (χ3v) is 6.07. The first-order chi connectivity index (χ1) is 14.2. The summed E-state index contributed by atoms with van der Waals surface area (Å²) in [6.07, 6.45) is 0.243. The fourth-order valence-electron chi connectivity index (χ4n) is 3.40. The summed E-state index contributed by atoms with van der Waals surface area (Å²) in [6, 6.07) is 2.92. The maximum atomic E-state index is 13.3. The van der Waals surface area contributed by atoms with Crippen molar-refractivity contribution in [3.8, 4) is 0 Å².